The molecule has 1 N–H and O–H groups in total. The van der Waals surface area contributed by atoms with Crippen LogP contribution < -0.4 is 33.5 Å². The van der Waals surface area contributed by atoms with Crippen molar-refractivity contribution in [3.05, 3.63) is 148 Å². The van der Waals surface area contributed by atoms with Crippen LogP contribution in [-0.2, 0) is 96.3 Å². The van der Waals surface area contributed by atoms with Gasteiger partial charge in [0.1, 0.15) is 13.2 Å². The Bertz CT molecular complexity index is 4310. The van der Waals surface area contributed by atoms with Gasteiger partial charge in [-0.05, 0) is 130 Å². The largest absolute Gasteiger partial charge is 0.504 e. The molecule has 5 aromatic carbocycles. The third kappa shape index (κ3) is 19.2. The lowest BCUT2D eigenvalue weighted by Gasteiger charge is -2.32. The van der Waals surface area contributed by atoms with Crippen molar-refractivity contribution in [3.8, 4) is 34.5 Å². The van der Waals surface area contributed by atoms with E-state index in [0.717, 1.165) is 64.7 Å². The lowest BCUT2D eigenvalue weighted by atomic mass is 10.1. The molecule has 3 fully saturated rings. The highest BCUT2D eigenvalue weighted by atomic mass is 32.8. The summed E-state index contributed by atoms with van der Waals surface area (Å²) in [6, 6.07) is 21.2. The average molecular weight is 1500 g/mol. The van der Waals surface area contributed by atoms with Gasteiger partial charge in [-0.1, -0.05) is 64.9 Å². The molecule has 101 heavy (non-hydrogen) atoms. The molecular weight excluding hydrogens is 1410 g/mol. The van der Waals surface area contributed by atoms with E-state index in [0.29, 0.717) is 107 Å². The van der Waals surface area contributed by atoms with Crippen LogP contribution in [0, 0.1) is 0 Å². The number of nitrogens with zero attached hydrogens (tertiary/aromatic N) is 8. The number of phenolic OH excluding ortho intramolecular Hbond substituents is 1. The molecule has 542 valence electrons. The number of carbonyl (C=O) groups is 3. The number of aliphatic imine (C=N–C) groups is 3. The number of benzene rings is 5. The first-order chi connectivity index (χ1) is 47.4. The van der Waals surface area contributed by atoms with Gasteiger partial charge in [0, 0.05) is 105 Å². The van der Waals surface area contributed by atoms with Crippen LogP contribution in [0.1, 0.15) is 100 Å². The Morgan fingerprint density at radius 2 is 0.812 bits per heavy atom. The van der Waals surface area contributed by atoms with Crippen molar-refractivity contribution in [2.75, 3.05) is 103 Å². The minimum Gasteiger partial charge on any atom is -0.504 e. The first-order valence-electron chi connectivity index (χ1n) is 32.1. The summed E-state index contributed by atoms with van der Waals surface area (Å²) in [6.07, 6.45) is 13.6. The molecule has 6 aliphatic rings. The molecule has 0 aromatic heterocycles. The predicted molar refractivity (Wildman–Crippen MR) is 408 cm³/mol. The number of methoxy groups -OCH3 is 3. The van der Waals surface area contributed by atoms with E-state index >= 15 is 0 Å². The molecule has 0 saturated carbocycles. The van der Waals surface area contributed by atoms with Crippen molar-refractivity contribution < 1.29 is 68.4 Å². The van der Waals surface area contributed by atoms with Crippen LogP contribution in [0.3, 0.4) is 0 Å². The number of aromatic hydroxyl groups is 1. The second-order valence-corrected chi connectivity index (χ2v) is 37.3. The summed E-state index contributed by atoms with van der Waals surface area (Å²) in [6.45, 7) is 23.8. The van der Waals surface area contributed by atoms with Gasteiger partial charge < -0.3 is 53.3 Å². The number of amides is 3. The fraction of sp³-hybridized carbons (Fsp3) is 0.417. The number of anilines is 2. The van der Waals surface area contributed by atoms with Crippen LogP contribution in [0.5, 0.6) is 34.5 Å². The molecule has 29 heteroatoms. The van der Waals surface area contributed by atoms with Crippen LogP contribution in [-0.4, -0.2) is 194 Å². The lowest BCUT2D eigenvalue weighted by Crippen LogP contribution is -2.39. The SMILES string of the molecule is C=C1C[C@H]2C=Nc3cc(O)c(OC)cc3C(=O)N2C1.C=C1C[C@H]2C=Nc3cc(OCc4cc(COc5cc6c(cc5OC)C(=O)N5CC(=C)C[C@H]5C=N6)cc(N(C)CC(C)(C)S(C)=S)c4)c(OC)cc3C(=O)N2C1.CN(CC(C)(C)S(C)=S)c1cc(COS(C)(=O)=O)cc(COS(C)(=O)=O)c1. The molecule has 0 aliphatic carbocycles. The molecule has 0 bridgehead atoms. The number of fused-ring (bicyclic) bond motifs is 6. The first kappa shape index (κ1) is 77.3. The van der Waals surface area contributed by atoms with E-state index in [2.05, 4.69) is 92.7 Å². The van der Waals surface area contributed by atoms with Crippen LogP contribution in [0.4, 0.5) is 28.4 Å². The Labute approximate surface area is 607 Å². The van der Waals surface area contributed by atoms with Gasteiger partial charge in [0.25, 0.3) is 38.0 Å². The van der Waals surface area contributed by atoms with E-state index in [1.54, 1.807) is 65.5 Å². The summed E-state index contributed by atoms with van der Waals surface area (Å²) < 4.78 is 84.0. The summed E-state index contributed by atoms with van der Waals surface area (Å²) in [5.74, 6) is 1.80. The molecular formula is C72H88N8O15S6. The molecule has 3 saturated heterocycles. The molecule has 6 aliphatic heterocycles. The van der Waals surface area contributed by atoms with Gasteiger partial charge in [-0.2, -0.15) is 16.8 Å². The summed E-state index contributed by atoms with van der Waals surface area (Å²) in [4.78, 5) is 62.8. The molecule has 23 nitrogen and oxygen atoms in total. The molecule has 3 amide bonds. The monoisotopic (exact) mass is 1500 g/mol. The van der Waals surface area contributed by atoms with Crippen molar-refractivity contribution >= 4 is 126 Å². The van der Waals surface area contributed by atoms with Crippen LogP contribution in [0.25, 0.3) is 0 Å². The van der Waals surface area contributed by atoms with Crippen LogP contribution >= 0.6 is 0 Å². The molecule has 6 heterocycles. The minimum atomic E-state index is -3.60. The van der Waals surface area contributed by atoms with Gasteiger partial charge in [-0.3, -0.25) is 37.7 Å². The van der Waals surface area contributed by atoms with Gasteiger partial charge in [-0.15, -0.1) is 18.9 Å². The zero-order valence-corrected chi connectivity index (χ0v) is 64.1. The van der Waals surface area contributed by atoms with E-state index in [9.17, 15) is 36.3 Å². The molecule has 11 rings (SSSR count). The highest BCUT2D eigenvalue weighted by Crippen LogP contribution is 2.43. The van der Waals surface area contributed by atoms with Crippen LogP contribution in [0.15, 0.2) is 124 Å². The quantitative estimate of drug-likeness (QED) is 0.0471. The van der Waals surface area contributed by atoms with E-state index in [1.165, 1.54) is 19.2 Å². The Kier molecular flexibility index (Phi) is 24.3. The third-order valence-corrected chi connectivity index (χ3v) is 25.0. The van der Waals surface area contributed by atoms with Crippen molar-refractivity contribution in [3.63, 3.8) is 0 Å². The molecule has 5 aromatic rings. The van der Waals surface area contributed by atoms with E-state index in [4.69, 9.17) is 54.4 Å². The maximum atomic E-state index is 13.5. The zero-order valence-electron chi connectivity index (χ0n) is 59.2. The smallest absolute Gasteiger partial charge is 0.264 e. The highest BCUT2D eigenvalue weighted by Gasteiger charge is 2.38. The summed E-state index contributed by atoms with van der Waals surface area (Å²) >= 11 is 11.1. The number of hydrogen-bond acceptors (Lipinski definition) is 22. The Hall–Kier alpha value is -7.90. The van der Waals surface area contributed by atoms with Crippen molar-refractivity contribution in [1.82, 2.24) is 14.7 Å². The van der Waals surface area contributed by atoms with Gasteiger partial charge in [0.05, 0.1) is 98.9 Å². The number of hydrogen-bond donors (Lipinski definition) is 1. The number of ether oxygens (including phenoxy) is 5. The average Bonchev–Trinajstić information content (AvgIpc) is 1.68. The molecule has 5 atom stereocenters. The summed E-state index contributed by atoms with van der Waals surface area (Å²) in [5, 5.41) is 9.75. The fourth-order valence-electron chi connectivity index (χ4n) is 12.2. The second kappa shape index (κ2) is 31.8. The normalized spacial score (nSPS) is 18.3. The van der Waals surface area contributed by atoms with Crippen molar-refractivity contribution in [2.24, 2.45) is 15.0 Å². The van der Waals surface area contributed by atoms with Gasteiger partial charge in [0.15, 0.2) is 34.5 Å². The molecule has 2 unspecified atom stereocenters. The Morgan fingerprint density at radius 1 is 0.505 bits per heavy atom. The summed E-state index contributed by atoms with van der Waals surface area (Å²) in [7, 11) is 0.882. The standard InChI is InChI=1S/C42H47N5O6S2.C16H27NO6S4.C14H14N2O3/c1-25-9-30-18-43-34-16-38(36(50-6)14-32(34)40(48)46(30)20-25)52-22-27-11-28(13-29(12-27)45(5)24-42(3,4)55(8)54)23-53-39-17-35-33(15-37(39)51-7)41(49)47-21-26(2)10-31(47)19-44-35;1-16(2,25(4)24)12-17(3)15-8-13(10-22-26(5,18)19)7-14(9-15)11-23-27(6,20)21;1-8-3-9-6-15-11-5-12(17)13(19-2)4-10(11)14(18)16(9)7-8/h11-19,30-31H,1-2,9-10,20-24H2,3-8H3;7-9H,10-12H2,1-6H3;4-6,9,17H,1,3,7H2,2H3/t30-,31-,55?;;9-/m0.0/s1. The molecule has 0 spiro atoms. The molecule has 0 radical (unpaired) electrons. The lowest BCUT2D eigenvalue weighted by molar-refractivity contribution is 0.0769. The van der Waals surface area contributed by atoms with Gasteiger partial charge in [0.2, 0.25) is 0 Å². The minimum absolute atomic E-state index is 0.0160. The van der Waals surface area contributed by atoms with E-state index in [1.807, 2.05) is 48.8 Å². The fourth-order valence-corrected chi connectivity index (χ4v) is 13.9. The number of carbonyl (C=O) groups excluding carboxylic acids is 3. The predicted octanol–water partition coefficient (Wildman–Crippen LogP) is 10.2. The van der Waals surface area contributed by atoms with Crippen molar-refractivity contribution in [1.29, 1.82) is 0 Å². The van der Waals surface area contributed by atoms with Gasteiger partial charge in [-0.25, -0.2) is 0 Å². The highest BCUT2D eigenvalue weighted by molar-refractivity contribution is 8.29. The van der Waals surface area contributed by atoms with Crippen molar-refractivity contribution in [2.45, 2.75) is 101 Å². The number of rotatable bonds is 23. The first-order valence-corrected chi connectivity index (χ1v) is 40.9. The van der Waals surface area contributed by atoms with Crippen LogP contribution in [0.2, 0.25) is 0 Å². The third-order valence-electron chi connectivity index (χ3n) is 17.8. The zero-order chi connectivity index (χ0) is 73.8. The summed E-state index contributed by atoms with van der Waals surface area (Å²) in [5.41, 5.74) is 10.8. The topological polar surface area (TPSA) is 258 Å². The number of phenols is 1. The van der Waals surface area contributed by atoms with Gasteiger partial charge >= 0.3 is 0 Å². The Balaban J connectivity index is 0.000000212. The van der Waals surface area contributed by atoms with E-state index in [-0.39, 0.29) is 102 Å². The second-order valence-electron chi connectivity index (χ2n) is 26.9. The maximum absolute atomic E-state index is 13.5. The van der Waals surface area contributed by atoms with E-state index < -0.39 is 20.2 Å². The maximum Gasteiger partial charge on any atom is 0.264 e. The Morgan fingerprint density at radius 3 is 1.12 bits per heavy atom.